The van der Waals surface area contributed by atoms with Gasteiger partial charge in [-0.3, -0.25) is 4.79 Å². The van der Waals surface area contributed by atoms with Crippen LogP contribution in [0.1, 0.15) is 40.2 Å². The maximum atomic E-state index is 13.1. The average Bonchev–Trinajstić information content (AvgIpc) is 2.95. The Bertz CT molecular complexity index is 915. The van der Waals surface area contributed by atoms with Crippen LogP contribution in [0.5, 0.6) is 0 Å². The SMILES string of the molecule is CC(=O)N1c2ccc(S(=O)(=O)N3CCN(C(=O)OC(C)(C)C)CC3)cc2CC1C. The summed E-state index contributed by atoms with van der Waals surface area (Å²) in [6.45, 7) is 9.87. The van der Waals surface area contributed by atoms with E-state index < -0.39 is 21.7 Å². The standard InChI is InChI=1S/C20H29N3O5S/c1-14-12-16-13-17(6-7-18(16)23(14)15(2)24)29(26,27)22-10-8-21(9-11-22)19(25)28-20(3,4)5/h6-7,13-14H,8-12H2,1-5H3. The number of sulfonamides is 1. The molecule has 2 aliphatic rings. The lowest BCUT2D eigenvalue weighted by Crippen LogP contribution is -2.51. The number of ether oxygens (including phenoxy) is 1. The lowest BCUT2D eigenvalue weighted by molar-refractivity contribution is -0.116. The lowest BCUT2D eigenvalue weighted by Gasteiger charge is -2.35. The number of anilines is 1. The number of carbonyl (C=O) groups is 2. The molecule has 1 atom stereocenters. The summed E-state index contributed by atoms with van der Waals surface area (Å²) in [4.78, 5) is 27.5. The molecule has 2 amide bonds. The molecular formula is C20H29N3O5S. The van der Waals surface area contributed by atoms with Crippen LogP contribution in [0.25, 0.3) is 0 Å². The van der Waals surface area contributed by atoms with Crippen molar-refractivity contribution >= 4 is 27.7 Å². The summed E-state index contributed by atoms with van der Waals surface area (Å²) in [6, 6.07) is 4.95. The summed E-state index contributed by atoms with van der Waals surface area (Å²) in [5, 5.41) is 0. The van der Waals surface area contributed by atoms with Gasteiger partial charge in [0.05, 0.1) is 4.90 Å². The number of amides is 2. The molecule has 0 saturated carbocycles. The zero-order valence-corrected chi connectivity index (χ0v) is 18.5. The van der Waals surface area contributed by atoms with Crippen LogP contribution >= 0.6 is 0 Å². The van der Waals surface area contributed by atoms with Crippen LogP contribution in [-0.2, 0) is 26.0 Å². The van der Waals surface area contributed by atoms with Crippen LogP contribution in [0, 0.1) is 0 Å². The van der Waals surface area contributed by atoms with E-state index in [1.54, 1.807) is 43.9 Å². The molecule has 9 heteroatoms. The molecule has 29 heavy (non-hydrogen) atoms. The molecule has 0 bridgehead atoms. The van der Waals surface area contributed by atoms with Crippen molar-refractivity contribution in [2.45, 2.75) is 57.6 Å². The van der Waals surface area contributed by atoms with Gasteiger partial charge < -0.3 is 14.5 Å². The number of fused-ring (bicyclic) bond motifs is 1. The number of carbonyl (C=O) groups excluding carboxylic acids is 2. The van der Waals surface area contributed by atoms with E-state index in [0.717, 1.165) is 11.3 Å². The van der Waals surface area contributed by atoms with E-state index in [9.17, 15) is 18.0 Å². The van der Waals surface area contributed by atoms with Gasteiger partial charge in [0, 0.05) is 44.8 Å². The predicted molar refractivity (Wildman–Crippen MR) is 109 cm³/mol. The highest BCUT2D eigenvalue weighted by Crippen LogP contribution is 2.34. The van der Waals surface area contributed by atoms with E-state index in [1.165, 1.54) is 16.1 Å². The Labute approximate surface area is 172 Å². The Morgan fingerprint density at radius 2 is 1.72 bits per heavy atom. The first-order valence-corrected chi connectivity index (χ1v) is 11.2. The Morgan fingerprint density at radius 3 is 2.28 bits per heavy atom. The van der Waals surface area contributed by atoms with Crippen LogP contribution in [0.4, 0.5) is 10.5 Å². The fourth-order valence-corrected chi connectivity index (χ4v) is 5.31. The van der Waals surface area contributed by atoms with E-state index in [4.69, 9.17) is 4.74 Å². The summed E-state index contributed by atoms with van der Waals surface area (Å²) in [5.41, 5.74) is 1.05. The van der Waals surface area contributed by atoms with Crippen molar-refractivity contribution in [3.63, 3.8) is 0 Å². The summed E-state index contributed by atoms with van der Waals surface area (Å²) < 4.78 is 33.0. The Kier molecular flexibility index (Phi) is 5.66. The molecule has 8 nitrogen and oxygen atoms in total. The topological polar surface area (TPSA) is 87.2 Å². The summed E-state index contributed by atoms with van der Waals surface area (Å²) in [5.74, 6) is -0.0508. The molecule has 2 aliphatic heterocycles. The molecule has 1 aromatic rings. The lowest BCUT2D eigenvalue weighted by atomic mass is 10.1. The third-order valence-electron chi connectivity index (χ3n) is 5.13. The second-order valence-electron chi connectivity index (χ2n) is 8.60. The van der Waals surface area contributed by atoms with Gasteiger partial charge in [-0.2, -0.15) is 4.31 Å². The molecule has 1 aromatic carbocycles. The average molecular weight is 424 g/mol. The van der Waals surface area contributed by atoms with E-state index in [0.29, 0.717) is 6.42 Å². The van der Waals surface area contributed by atoms with Gasteiger partial charge in [-0.15, -0.1) is 0 Å². The molecule has 0 radical (unpaired) electrons. The number of hydrogen-bond acceptors (Lipinski definition) is 5. The highest BCUT2D eigenvalue weighted by atomic mass is 32.2. The predicted octanol–water partition coefficient (Wildman–Crippen LogP) is 2.23. The largest absolute Gasteiger partial charge is 0.444 e. The van der Waals surface area contributed by atoms with Crippen molar-refractivity contribution in [1.82, 2.24) is 9.21 Å². The molecule has 3 rings (SSSR count). The van der Waals surface area contributed by atoms with Crippen LogP contribution < -0.4 is 4.90 Å². The number of piperazine rings is 1. The Hall–Kier alpha value is -2.13. The van der Waals surface area contributed by atoms with Crippen molar-refractivity contribution in [2.24, 2.45) is 0 Å². The zero-order chi connectivity index (χ0) is 21.6. The summed E-state index contributed by atoms with van der Waals surface area (Å²) in [6.07, 6.45) is 0.204. The van der Waals surface area contributed by atoms with Crippen molar-refractivity contribution < 1.29 is 22.7 Å². The van der Waals surface area contributed by atoms with Crippen LogP contribution in [0.2, 0.25) is 0 Å². The minimum atomic E-state index is -3.67. The Morgan fingerprint density at radius 1 is 1.10 bits per heavy atom. The van der Waals surface area contributed by atoms with Crippen molar-refractivity contribution in [3.05, 3.63) is 23.8 Å². The van der Waals surface area contributed by atoms with Gasteiger partial charge in [0.25, 0.3) is 0 Å². The first-order chi connectivity index (χ1) is 13.4. The van der Waals surface area contributed by atoms with Crippen molar-refractivity contribution in [3.8, 4) is 0 Å². The molecule has 1 saturated heterocycles. The molecule has 1 fully saturated rings. The molecule has 0 spiro atoms. The Balaban J connectivity index is 1.72. The van der Waals surface area contributed by atoms with Gasteiger partial charge in [0.15, 0.2) is 0 Å². The second kappa shape index (κ2) is 7.60. The van der Waals surface area contributed by atoms with E-state index in [-0.39, 0.29) is 43.0 Å². The van der Waals surface area contributed by atoms with E-state index >= 15 is 0 Å². The van der Waals surface area contributed by atoms with E-state index in [1.807, 2.05) is 6.92 Å². The van der Waals surface area contributed by atoms with Gasteiger partial charge in [-0.05, 0) is 57.9 Å². The number of hydrogen-bond donors (Lipinski definition) is 0. The monoisotopic (exact) mass is 423 g/mol. The van der Waals surface area contributed by atoms with Crippen LogP contribution in [0.15, 0.2) is 23.1 Å². The van der Waals surface area contributed by atoms with Gasteiger partial charge in [0.2, 0.25) is 15.9 Å². The number of benzene rings is 1. The van der Waals surface area contributed by atoms with Gasteiger partial charge in [-0.1, -0.05) is 0 Å². The second-order valence-corrected chi connectivity index (χ2v) is 10.5. The molecular weight excluding hydrogens is 394 g/mol. The first-order valence-electron chi connectivity index (χ1n) is 9.81. The summed E-state index contributed by atoms with van der Waals surface area (Å²) in [7, 11) is -3.67. The fourth-order valence-electron chi connectivity index (χ4n) is 3.83. The molecule has 0 aliphatic carbocycles. The molecule has 1 unspecified atom stereocenters. The number of rotatable bonds is 2. The number of nitrogens with zero attached hydrogens (tertiary/aromatic N) is 3. The van der Waals surface area contributed by atoms with Gasteiger partial charge in [-0.25, -0.2) is 13.2 Å². The smallest absolute Gasteiger partial charge is 0.410 e. The summed E-state index contributed by atoms with van der Waals surface area (Å²) >= 11 is 0. The zero-order valence-electron chi connectivity index (χ0n) is 17.6. The highest BCUT2D eigenvalue weighted by Gasteiger charge is 2.34. The first kappa shape index (κ1) is 21.6. The third kappa shape index (κ3) is 4.40. The minimum Gasteiger partial charge on any atom is -0.444 e. The fraction of sp³-hybridized carbons (Fsp3) is 0.600. The molecule has 0 aromatic heterocycles. The highest BCUT2D eigenvalue weighted by molar-refractivity contribution is 7.89. The molecule has 160 valence electrons. The van der Waals surface area contributed by atoms with Crippen LogP contribution in [-0.4, -0.2) is 67.4 Å². The van der Waals surface area contributed by atoms with Crippen LogP contribution in [0.3, 0.4) is 0 Å². The normalized spacial score (nSPS) is 20.5. The van der Waals surface area contributed by atoms with Crippen molar-refractivity contribution in [1.29, 1.82) is 0 Å². The molecule has 2 heterocycles. The maximum absolute atomic E-state index is 13.1. The van der Waals surface area contributed by atoms with Crippen molar-refractivity contribution in [2.75, 3.05) is 31.1 Å². The molecule has 0 N–H and O–H groups in total. The third-order valence-corrected chi connectivity index (χ3v) is 7.03. The quantitative estimate of drug-likeness (QED) is 0.728. The van der Waals surface area contributed by atoms with E-state index in [2.05, 4.69) is 0 Å². The maximum Gasteiger partial charge on any atom is 0.410 e. The minimum absolute atomic E-state index is 0.0119. The van der Waals surface area contributed by atoms with Gasteiger partial charge >= 0.3 is 6.09 Å². The van der Waals surface area contributed by atoms with Gasteiger partial charge in [0.1, 0.15) is 5.60 Å².